The lowest BCUT2D eigenvalue weighted by molar-refractivity contribution is -0.162. The van der Waals surface area contributed by atoms with Crippen LogP contribution < -0.4 is 0 Å². The van der Waals surface area contributed by atoms with Gasteiger partial charge >= 0.3 is 12.4 Å². The molecular weight excluding hydrogens is 454 g/mol. The summed E-state index contributed by atoms with van der Waals surface area (Å²) in [6, 6.07) is 14.0. The summed E-state index contributed by atoms with van der Waals surface area (Å²) < 4.78 is 80.2. The second kappa shape index (κ2) is 11.3. The van der Waals surface area contributed by atoms with Crippen molar-refractivity contribution in [1.29, 1.82) is 5.26 Å². The van der Waals surface area contributed by atoms with Gasteiger partial charge in [0.2, 0.25) is 0 Å². The fourth-order valence-electron chi connectivity index (χ4n) is 4.33. The number of alkyl halides is 6. The van der Waals surface area contributed by atoms with Gasteiger partial charge in [0, 0.05) is 6.54 Å². The van der Waals surface area contributed by atoms with Crippen molar-refractivity contribution >= 4 is 0 Å². The molecule has 0 fully saturated rings. The van der Waals surface area contributed by atoms with Crippen molar-refractivity contribution in [2.45, 2.75) is 64.3 Å². The Bertz CT molecular complexity index is 960. The molecule has 2 nitrogen and oxygen atoms in total. The highest BCUT2D eigenvalue weighted by molar-refractivity contribution is 5.42. The van der Waals surface area contributed by atoms with Crippen LogP contribution in [0.4, 0.5) is 26.3 Å². The molecule has 2 aromatic carbocycles. The van der Waals surface area contributed by atoms with Crippen LogP contribution in [0.3, 0.4) is 0 Å². The van der Waals surface area contributed by atoms with Crippen molar-refractivity contribution in [1.82, 2.24) is 4.90 Å². The largest absolute Gasteiger partial charge is 0.417 e. The van der Waals surface area contributed by atoms with Gasteiger partial charge in [-0.05, 0) is 61.5 Å². The van der Waals surface area contributed by atoms with Gasteiger partial charge in [0.05, 0.1) is 22.6 Å². The minimum Gasteiger partial charge on any atom is -0.299 e. The predicted octanol–water partition coefficient (Wildman–Crippen LogP) is 7.83. The van der Waals surface area contributed by atoms with Crippen molar-refractivity contribution in [2.75, 3.05) is 13.1 Å². The van der Waals surface area contributed by atoms with Crippen molar-refractivity contribution < 1.29 is 26.3 Å². The molecule has 1 unspecified atom stereocenters. The number of halogens is 6. The SMILES string of the molecule is CCCN(CCCC(C#N)(c1ccc(C(F)(F)F)c(C(F)(F)F)c1)C(C)C)Cc1ccccc1. The van der Waals surface area contributed by atoms with Crippen LogP contribution in [0.15, 0.2) is 48.5 Å². The maximum atomic E-state index is 13.5. The zero-order chi connectivity index (χ0) is 25.6. The van der Waals surface area contributed by atoms with Crippen LogP contribution in [0.5, 0.6) is 0 Å². The molecule has 2 aromatic rings. The molecule has 1 atom stereocenters. The molecule has 0 aliphatic carbocycles. The van der Waals surface area contributed by atoms with Crippen molar-refractivity contribution in [3.63, 3.8) is 0 Å². The molecule has 0 bridgehead atoms. The Hall–Kier alpha value is -2.53. The molecule has 0 amide bonds. The number of rotatable bonds is 10. The molecule has 0 saturated heterocycles. The third-order valence-electron chi connectivity index (χ3n) is 6.16. The van der Waals surface area contributed by atoms with Crippen molar-refractivity contribution in [3.05, 3.63) is 70.8 Å². The first-order valence-corrected chi connectivity index (χ1v) is 11.3. The van der Waals surface area contributed by atoms with Gasteiger partial charge in [0.15, 0.2) is 0 Å². The third kappa shape index (κ3) is 6.75. The van der Waals surface area contributed by atoms with E-state index in [0.717, 1.165) is 24.6 Å². The maximum absolute atomic E-state index is 13.5. The van der Waals surface area contributed by atoms with Gasteiger partial charge < -0.3 is 0 Å². The highest BCUT2D eigenvalue weighted by atomic mass is 19.4. The molecule has 0 aliphatic heterocycles. The topological polar surface area (TPSA) is 27.0 Å². The second-order valence-electron chi connectivity index (χ2n) is 8.86. The minimum atomic E-state index is -5.19. The number of hydrogen-bond donors (Lipinski definition) is 0. The smallest absolute Gasteiger partial charge is 0.299 e. The average molecular weight is 485 g/mol. The quantitative estimate of drug-likeness (QED) is 0.321. The van der Waals surface area contributed by atoms with Gasteiger partial charge in [0.1, 0.15) is 0 Å². The molecule has 34 heavy (non-hydrogen) atoms. The molecular formula is C26H30F6N2. The van der Waals surface area contributed by atoms with E-state index >= 15 is 0 Å². The van der Waals surface area contributed by atoms with Gasteiger partial charge in [-0.1, -0.05) is 57.2 Å². The van der Waals surface area contributed by atoms with E-state index in [4.69, 9.17) is 0 Å². The Morgan fingerprint density at radius 1 is 0.882 bits per heavy atom. The van der Waals surface area contributed by atoms with Crippen LogP contribution in [0.2, 0.25) is 0 Å². The molecule has 0 radical (unpaired) electrons. The lowest BCUT2D eigenvalue weighted by atomic mass is 9.69. The van der Waals surface area contributed by atoms with E-state index in [1.807, 2.05) is 37.3 Å². The first-order valence-electron chi connectivity index (χ1n) is 11.3. The summed E-state index contributed by atoms with van der Waals surface area (Å²) in [5.41, 5.74) is -3.74. The van der Waals surface area contributed by atoms with Gasteiger partial charge in [0.25, 0.3) is 0 Å². The molecule has 0 N–H and O–H groups in total. The minimum absolute atomic E-state index is 0.0320. The van der Waals surface area contributed by atoms with E-state index in [1.54, 1.807) is 13.8 Å². The number of nitrogens with zero attached hydrogens (tertiary/aromatic N) is 2. The number of nitriles is 1. The Morgan fingerprint density at radius 2 is 1.50 bits per heavy atom. The fraction of sp³-hybridized carbons (Fsp3) is 0.500. The summed E-state index contributed by atoms with van der Waals surface area (Å²) in [5.74, 6) is -0.399. The summed E-state index contributed by atoms with van der Waals surface area (Å²) in [7, 11) is 0. The van der Waals surface area contributed by atoms with Crippen LogP contribution in [0.1, 0.15) is 62.3 Å². The van der Waals surface area contributed by atoms with Crippen LogP contribution in [-0.4, -0.2) is 18.0 Å². The lowest BCUT2D eigenvalue weighted by Crippen LogP contribution is -2.33. The summed E-state index contributed by atoms with van der Waals surface area (Å²) in [6.45, 7) is 7.60. The highest BCUT2D eigenvalue weighted by Crippen LogP contribution is 2.44. The molecule has 0 aliphatic rings. The Balaban J connectivity index is 2.33. The van der Waals surface area contributed by atoms with Gasteiger partial charge in [-0.3, -0.25) is 4.90 Å². The van der Waals surface area contributed by atoms with E-state index in [1.165, 1.54) is 0 Å². The van der Waals surface area contributed by atoms with E-state index in [-0.39, 0.29) is 12.0 Å². The van der Waals surface area contributed by atoms with Crippen LogP contribution in [0, 0.1) is 17.2 Å². The molecule has 0 spiro atoms. The molecule has 8 heteroatoms. The third-order valence-corrected chi connectivity index (χ3v) is 6.16. The van der Waals surface area contributed by atoms with Gasteiger partial charge in [-0.15, -0.1) is 0 Å². The normalized spacial score (nSPS) is 14.3. The Morgan fingerprint density at radius 3 is 2.00 bits per heavy atom. The van der Waals surface area contributed by atoms with Gasteiger partial charge in [-0.25, -0.2) is 0 Å². The van der Waals surface area contributed by atoms with E-state index in [9.17, 15) is 31.6 Å². The predicted molar refractivity (Wildman–Crippen MR) is 120 cm³/mol. The van der Waals surface area contributed by atoms with Crippen LogP contribution in [-0.2, 0) is 24.3 Å². The Kier molecular flexibility index (Phi) is 9.18. The van der Waals surface area contributed by atoms with Crippen LogP contribution in [0.25, 0.3) is 0 Å². The Labute approximate surface area is 197 Å². The van der Waals surface area contributed by atoms with E-state index < -0.39 is 34.8 Å². The second-order valence-corrected chi connectivity index (χ2v) is 8.86. The summed E-state index contributed by atoms with van der Waals surface area (Å²) >= 11 is 0. The van der Waals surface area contributed by atoms with E-state index in [2.05, 4.69) is 11.0 Å². The monoisotopic (exact) mass is 484 g/mol. The molecule has 186 valence electrons. The highest BCUT2D eigenvalue weighted by Gasteiger charge is 2.45. The first-order chi connectivity index (χ1) is 15.8. The fourth-order valence-corrected chi connectivity index (χ4v) is 4.33. The number of benzene rings is 2. The lowest BCUT2D eigenvalue weighted by Gasteiger charge is -2.33. The average Bonchev–Trinajstić information content (AvgIpc) is 2.76. The van der Waals surface area contributed by atoms with Gasteiger partial charge in [-0.2, -0.15) is 31.6 Å². The summed E-state index contributed by atoms with van der Waals surface area (Å²) in [6.07, 6.45) is -8.67. The maximum Gasteiger partial charge on any atom is 0.417 e. The van der Waals surface area contributed by atoms with Crippen LogP contribution >= 0.6 is 0 Å². The standard InChI is InChI=1S/C26H30F6N2/c1-4-14-34(17-20-9-6-5-7-10-20)15-8-13-24(18-33,19(2)3)21-11-12-22(25(27,28)29)23(16-21)26(30,31)32/h5-7,9-12,16,19H,4,8,13-15,17H2,1-3H3. The molecule has 0 aromatic heterocycles. The molecule has 0 heterocycles. The number of hydrogen-bond acceptors (Lipinski definition) is 2. The molecule has 2 rings (SSSR count). The molecule has 0 saturated carbocycles. The van der Waals surface area contributed by atoms with E-state index in [0.29, 0.717) is 31.6 Å². The first kappa shape index (κ1) is 27.7. The zero-order valence-electron chi connectivity index (χ0n) is 19.6. The summed E-state index contributed by atoms with van der Waals surface area (Å²) in [5, 5.41) is 10.1. The zero-order valence-corrected chi connectivity index (χ0v) is 19.6. The van der Waals surface area contributed by atoms with Crippen molar-refractivity contribution in [3.8, 4) is 6.07 Å². The summed E-state index contributed by atoms with van der Waals surface area (Å²) in [4.78, 5) is 2.21. The van der Waals surface area contributed by atoms with Crippen molar-refractivity contribution in [2.24, 2.45) is 5.92 Å².